The van der Waals surface area contributed by atoms with Gasteiger partial charge in [-0.25, -0.2) is 0 Å². The van der Waals surface area contributed by atoms with E-state index in [4.69, 9.17) is 0 Å². The predicted octanol–water partition coefficient (Wildman–Crippen LogP) is 4.18. The number of anilines is 2. The maximum absolute atomic E-state index is 11.3. The molecule has 1 aliphatic rings. The number of nitro groups is 1. The number of hydrogen-bond donors (Lipinski definition) is 0. The van der Waals surface area contributed by atoms with E-state index in [2.05, 4.69) is 22.0 Å². The Labute approximate surface area is 125 Å². The molecule has 1 aliphatic heterocycles. The zero-order valence-corrected chi connectivity index (χ0v) is 12.3. The molecule has 0 amide bonds. The molecule has 0 aliphatic carbocycles. The van der Waals surface area contributed by atoms with Crippen LogP contribution in [-0.2, 0) is 11.8 Å². The molecule has 0 N–H and O–H groups in total. The summed E-state index contributed by atoms with van der Waals surface area (Å²) in [6.07, 6.45) is 0.924. The molecule has 0 radical (unpaired) electrons. The van der Waals surface area contributed by atoms with Crippen molar-refractivity contribution in [3.05, 3.63) is 63.7 Å². The van der Waals surface area contributed by atoms with Crippen molar-refractivity contribution in [2.75, 3.05) is 11.4 Å². The predicted molar refractivity (Wildman–Crippen MR) is 82.9 cm³/mol. The minimum Gasteiger partial charge on any atom is -0.335 e. The van der Waals surface area contributed by atoms with E-state index in [0.717, 1.165) is 24.2 Å². The Hall–Kier alpha value is -1.88. The van der Waals surface area contributed by atoms with Gasteiger partial charge in [-0.3, -0.25) is 10.1 Å². The summed E-state index contributed by atoms with van der Waals surface area (Å²) in [4.78, 5) is 13.1. The van der Waals surface area contributed by atoms with Crippen molar-refractivity contribution >= 4 is 33.0 Å². The maximum atomic E-state index is 11.3. The Bertz CT molecular complexity index is 673. The summed E-state index contributed by atoms with van der Waals surface area (Å²) in [6, 6.07) is 13.5. The van der Waals surface area contributed by atoms with E-state index in [1.54, 1.807) is 6.07 Å². The highest BCUT2D eigenvalue weighted by Gasteiger charge is 2.26. The molecule has 3 rings (SSSR count). The fourth-order valence-corrected chi connectivity index (χ4v) is 2.96. The average molecular weight is 333 g/mol. The Morgan fingerprint density at radius 3 is 2.75 bits per heavy atom. The lowest BCUT2D eigenvalue weighted by Crippen LogP contribution is -2.15. The first kappa shape index (κ1) is 13.1. The highest BCUT2D eigenvalue weighted by atomic mass is 79.9. The molecular weight excluding hydrogens is 320 g/mol. The highest BCUT2D eigenvalue weighted by molar-refractivity contribution is 9.08. The van der Waals surface area contributed by atoms with Crippen molar-refractivity contribution in [2.24, 2.45) is 0 Å². The molecule has 0 saturated carbocycles. The van der Waals surface area contributed by atoms with Crippen LogP contribution in [0, 0.1) is 10.1 Å². The van der Waals surface area contributed by atoms with E-state index in [9.17, 15) is 10.1 Å². The minimum absolute atomic E-state index is 0.165. The summed E-state index contributed by atoms with van der Waals surface area (Å²) in [5.74, 6) is 0. The van der Waals surface area contributed by atoms with Crippen molar-refractivity contribution in [3.63, 3.8) is 0 Å². The third-order valence-electron chi connectivity index (χ3n) is 3.57. The Morgan fingerprint density at radius 2 is 2.00 bits per heavy atom. The number of nitro benzene ring substituents is 1. The lowest BCUT2D eigenvalue weighted by Gasteiger charge is -2.19. The SMILES string of the molecule is O=[N+]([O-])c1cc(CBr)ccc1N1CCc2ccccc21. The Kier molecular flexibility index (Phi) is 3.44. The zero-order chi connectivity index (χ0) is 14.1. The molecule has 4 nitrogen and oxygen atoms in total. The van der Waals surface area contributed by atoms with Crippen LogP contribution in [0.2, 0.25) is 0 Å². The molecule has 2 aromatic rings. The fourth-order valence-electron chi connectivity index (χ4n) is 2.62. The van der Waals surface area contributed by atoms with E-state index < -0.39 is 0 Å². The van der Waals surface area contributed by atoms with Gasteiger partial charge < -0.3 is 4.90 Å². The monoisotopic (exact) mass is 332 g/mol. The average Bonchev–Trinajstić information content (AvgIpc) is 2.90. The number of halogens is 1. The molecule has 0 unspecified atom stereocenters. The Balaban J connectivity index is 2.09. The standard InChI is InChI=1S/C15H13BrN2O2/c16-10-11-5-6-14(15(9-11)18(19)20)17-8-7-12-3-1-2-4-13(12)17/h1-6,9H,7-8,10H2. The molecule has 0 atom stereocenters. The van der Waals surface area contributed by atoms with Gasteiger partial charge in [0, 0.05) is 23.6 Å². The smallest absolute Gasteiger partial charge is 0.293 e. The first-order chi connectivity index (χ1) is 9.70. The summed E-state index contributed by atoms with van der Waals surface area (Å²) in [7, 11) is 0. The highest BCUT2D eigenvalue weighted by Crippen LogP contribution is 2.39. The molecule has 0 bridgehead atoms. The lowest BCUT2D eigenvalue weighted by molar-refractivity contribution is -0.384. The van der Waals surface area contributed by atoms with Crippen LogP contribution in [0.15, 0.2) is 42.5 Å². The maximum Gasteiger partial charge on any atom is 0.293 e. The van der Waals surface area contributed by atoms with Gasteiger partial charge in [-0.05, 0) is 29.7 Å². The van der Waals surface area contributed by atoms with Crippen molar-refractivity contribution in [1.29, 1.82) is 0 Å². The van der Waals surface area contributed by atoms with Gasteiger partial charge in [0.1, 0.15) is 5.69 Å². The van der Waals surface area contributed by atoms with Gasteiger partial charge in [-0.15, -0.1) is 0 Å². The van der Waals surface area contributed by atoms with Crippen LogP contribution >= 0.6 is 15.9 Å². The second kappa shape index (κ2) is 5.25. The summed E-state index contributed by atoms with van der Waals surface area (Å²) in [6.45, 7) is 0.786. The second-order valence-corrected chi connectivity index (χ2v) is 5.30. The van der Waals surface area contributed by atoms with E-state index >= 15 is 0 Å². The summed E-state index contributed by atoms with van der Waals surface area (Å²) in [5.41, 5.74) is 4.06. The fraction of sp³-hybridized carbons (Fsp3) is 0.200. The number of alkyl halides is 1. The molecule has 0 aromatic heterocycles. The van der Waals surface area contributed by atoms with E-state index in [1.165, 1.54) is 5.56 Å². The largest absolute Gasteiger partial charge is 0.335 e. The van der Waals surface area contributed by atoms with Crippen molar-refractivity contribution in [2.45, 2.75) is 11.8 Å². The quantitative estimate of drug-likeness (QED) is 0.481. The van der Waals surface area contributed by atoms with Crippen LogP contribution in [0.4, 0.5) is 17.1 Å². The third-order valence-corrected chi connectivity index (χ3v) is 4.22. The summed E-state index contributed by atoms with van der Waals surface area (Å²) < 4.78 is 0. The molecule has 20 heavy (non-hydrogen) atoms. The molecule has 102 valence electrons. The van der Waals surface area contributed by atoms with Gasteiger partial charge in [-0.2, -0.15) is 0 Å². The van der Waals surface area contributed by atoms with Gasteiger partial charge in [0.25, 0.3) is 5.69 Å². The van der Waals surface area contributed by atoms with E-state index in [-0.39, 0.29) is 10.6 Å². The van der Waals surface area contributed by atoms with Crippen LogP contribution in [-0.4, -0.2) is 11.5 Å². The topological polar surface area (TPSA) is 46.4 Å². The van der Waals surface area contributed by atoms with Gasteiger partial charge in [-0.1, -0.05) is 40.2 Å². The minimum atomic E-state index is -0.303. The van der Waals surface area contributed by atoms with Crippen molar-refractivity contribution in [1.82, 2.24) is 0 Å². The van der Waals surface area contributed by atoms with E-state index in [1.807, 2.05) is 35.2 Å². The third kappa shape index (κ3) is 2.18. The number of fused-ring (bicyclic) bond motifs is 1. The van der Waals surface area contributed by atoms with Crippen molar-refractivity contribution in [3.8, 4) is 0 Å². The van der Waals surface area contributed by atoms with Crippen LogP contribution in [0.5, 0.6) is 0 Å². The van der Waals surface area contributed by atoms with Crippen LogP contribution < -0.4 is 4.90 Å². The lowest BCUT2D eigenvalue weighted by atomic mass is 10.1. The van der Waals surface area contributed by atoms with Gasteiger partial charge in [0.15, 0.2) is 0 Å². The van der Waals surface area contributed by atoms with Crippen LogP contribution in [0.1, 0.15) is 11.1 Å². The first-order valence-corrected chi connectivity index (χ1v) is 7.51. The zero-order valence-electron chi connectivity index (χ0n) is 10.8. The number of rotatable bonds is 3. The van der Waals surface area contributed by atoms with Gasteiger partial charge in [0.2, 0.25) is 0 Å². The molecule has 0 spiro atoms. The number of nitrogens with zero attached hydrogens (tertiary/aromatic N) is 2. The summed E-state index contributed by atoms with van der Waals surface area (Å²) >= 11 is 3.34. The number of para-hydroxylation sites is 1. The first-order valence-electron chi connectivity index (χ1n) is 6.39. The number of benzene rings is 2. The van der Waals surface area contributed by atoms with Gasteiger partial charge >= 0.3 is 0 Å². The van der Waals surface area contributed by atoms with Crippen molar-refractivity contribution < 1.29 is 4.92 Å². The molecule has 5 heteroatoms. The molecule has 2 aromatic carbocycles. The Morgan fingerprint density at radius 1 is 1.20 bits per heavy atom. The summed E-state index contributed by atoms with van der Waals surface area (Å²) in [5, 5.41) is 11.9. The molecule has 0 saturated heterocycles. The second-order valence-electron chi connectivity index (χ2n) is 4.74. The molecule has 1 heterocycles. The normalized spacial score (nSPS) is 13.3. The van der Waals surface area contributed by atoms with Crippen LogP contribution in [0.3, 0.4) is 0 Å². The van der Waals surface area contributed by atoms with Gasteiger partial charge in [0.05, 0.1) is 4.92 Å². The molecular formula is C15H13BrN2O2. The van der Waals surface area contributed by atoms with Crippen LogP contribution in [0.25, 0.3) is 0 Å². The number of hydrogen-bond acceptors (Lipinski definition) is 3. The van der Waals surface area contributed by atoms with E-state index in [0.29, 0.717) is 11.0 Å². The molecule has 0 fully saturated rings.